The Morgan fingerprint density at radius 1 is 1.00 bits per heavy atom. The number of fused-ring (bicyclic) bond motifs is 1. The number of hydrogen-bond acceptors (Lipinski definition) is 4. The van der Waals surface area contributed by atoms with Crippen molar-refractivity contribution in [3.63, 3.8) is 0 Å². The second-order valence-corrected chi connectivity index (χ2v) is 6.62. The fourth-order valence-corrected chi connectivity index (χ4v) is 4.17. The van der Waals surface area contributed by atoms with Crippen LogP contribution in [-0.2, 0) is 11.3 Å². The third-order valence-electron chi connectivity index (χ3n) is 3.34. The average Bonchev–Trinajstić information content (AvgIpc) is 3.18. The summed E-state index contributed by atoms with van der Waals surface area (Å²) in [5.74, 6) is -0.211. The molecule has 1 aliphatic heterocycles. The zero-order chi connectivity index (χ0) is 13.5. The molecule has 0 aliphatic carbocycles. The van der Waals surface area contributed by atoms with Gasteiger partial charge in [0.05, 0.1) is 5.56 Å². The van der Waals surface area contributed by atoms with Crippen molar-refractivity contribution in [2.24, 2.45) is 0 Å². The highest BCUT2D eigenvalue weighted by molar-refractivity contribution is 7.23. The van der Waals surface area contributed by atoms with Crippen LogP contribution in [0.3, 0.4) is 0 Å². The highest BCUT2D eigenvalue weighted by atomic mass is 32.1. The molecule has 98 valence electrons. The molecule has 0 spiro atoms. The molecule has 0 fully saturated rings. The lowest BCUT2D eigenvalue weighted by Gasteiger charge is -1.99. The van der Waals surface area contributed by atoms with Crippen molar-refractivity contribution >= 4 is 28.6 Å². The minimum atomic E-state index is -0.211. The van der Waals surface area contributed by atoms with Gasteiger partial charge < -0.3 is 4.74 Å². The Balaban J connectivity index is 1.73. The van der Waals surface area contributed by atoms with Crippen LogP contribution in [-0.4, -0.2) is 5.97 Å². The van der Waals surface area contributed by atoms with Crippen LogP contribution in [0.5, 0.6) is 0 Å². The van der Waals surface area contributed by atoms with Gasteiger partial charge in [0.1, 0.15) is 6.61 Å². The number of rotatable bonds is 2. The van der Waals surface area contributed by atoms with Gasteiger partial charge in [-0.3, -0.25) is 0 Å². The van der Waals surface area contributed by atoms with E-state index in [2.05, 4.69) is 35.7 Å². The van der Waals surface area contributed by atoms with Crippen molar-refractivity contribution in [2.75, 3.05) is 0 Å². The van der Waals surface area contributed by atoms with Crippen molar-refractivity contribution in [1.82, 2.24) is 0 Å². The molecule has 1 aromatic carbocycles. The van der Waals surface area contributed by atoms with Gasteiger partial charge in [-0.15, -0.1) is 22.7 Å². The molecule has 0 N–H and O–H groups in total. The van der Waals surface area contributed by atoms with Gasteiger partial charge in [0.15, 0.2) is 0 Å². The van der Waals surface area contributed by atoms with Crippen molar-refractivity contribution < 1.29 is 9.53 Å². The van der Waals surface area contributed by atoms with Gasteiger partial charge in [0.25, 0.3) is 0 Å². The van der Waals surface area contributed by atoms with Gasteiger partial charge in [0, 0.05) is 20.2 Å². The smallest absolute Gasteiger partial charge is 0.338 e. The molecule has 0 unspecified atom stereocenters. The third kappa shape index (κ3) is 1.88. The lowest BCUT2D eigenvalue weighted by atomic mass is 10.1. The molecular formula is C16H10O2S2. The predicted octanol–water partition coefficient (Wildman–Crippen LogP) is 4.81. The summed E-state index contributed by atoms with van der Waals surface area (Å²) in [4.78, 5) is 15.2. The van der Waals surface area contributed by atoms with Crippen LogP contribution in [0, 0.1) is 0 Å². The minimum Gasteiger partial charge on any atom is -0.457 e. The van der Waals surface area contributed by atoms with E-state index in [1.165, 1.54) is 14.6 Å². The van der Waals surface area contributed by atoms with E-state index in [-0.39, 0.29) is 5.97 Å². The first-order chi connectivity index (χ1) is 9.81. The molecule has 2 aromatic heterocycles. The summed E-state index contributed by atoms with van der Waals surface area (Å²) in [5.41, 5.74) is 2.83. The van der Waals surface area contributed by atoms with E-state index in [0.717, 1.165) is 11.1 Å². The van der Waals surface area contributed by atoms with Gasteiger partial charge in [-0.05, 0) is 41.3 Å². The molecule has 2 nitrogen and oxygen atoms in total. The summed E-state index contributed by atoms with van der Waals surface area (Å²) in [5, 5.41) is 2.09. The van der Waals surface area contributed by atoms with Gasteiger partial charge in [-0.1, -0.05) is 12.1 Å². The molecule has 0 bridgehead atoms. The Labute approximate surface area is 124 Å². The zero-order valence-corrected chi connectivity index (χ0v) is 12.1. The number of carbonyl (C=O) groups excluding carboxylic acids is 1. The number of benzene rings is 1. The number of hydrogen-bond donors (Lipinski definition) is 0. The van der Waals surface area contributed by atoms with Gasteiger partial charge in [0.2, 0.25) is 0 Å². The van der Waals surface area contributed by atoms with E-state index in [4.69, 9.17) is 4.74 Å². The van der Waals surface area contributed by atoms with Crippen LogP contribution in [0.25, 0.3) is 20.2 Å². The Bertz CT molecular complexity index is 785. The van der Waals surface area contributed by atoms with Crippen molar-refractivity contribution in [2.45, 2.75) is 6.61 Å². The second-order valence-electron chi connectivity index (χ2n) is 4.59. The molecule has 4 heteroatoms. The van der Waals surface area contributed by atoms with E-state index in [9.17, 15) is 4.79 Å². The molecule has 0 saturated carbocycles. The summed E-state index contributed by atoms with van der Waals surface area (Å²) in [6.45, 7) is 0.394. The van der Waals surface area contributed by atoms with Crippen LogP contribution in [0.4, 0.5) is 0 Å². The number of ether oxygens (including phenoxy) is 1. The van der Waals surface area contributed by atoms with Crippen LogP contribution in [0.2, 0.25) is 0 Å². The van der Waals surface area contributed by atoms with Gasteiger partial charge >= 0.3 is 5.97 Å². The Morgan fingerprint density at radius 3 is 2.75 bits per heavy atom. The largest absolute Gasteiger partial charge is 0.457 e. The molecule has 1 aliphatic rings. The first kappa shape index (κ1) is 11.9. The lowest BCUT2D eigenvalue weighted by Crippen LogP contribution is -1.92. The van der Waals surface area contributed by atoms with Crippen molar-refractivity contribution in [3.8, 4) is 20.2 Å². The highest BCUT2D eigenvalue weighted by Gasteiger charge is 2.21. The number of carbonyl (C=O) groups is 1. The van der Waals surface area contributed by atoms with Crippen LogP contribution in [0.1, 0.15) is 15.9 Å². The monoisotopic (exact) mass is 298 g/mol. The molecule has 20 heavy (non-hydrogen) atoms. The Kier molecular flexibility index (Phi) is 2.72. The minimum absolute atomic E-state index is 0.211. The lowest BCUT2D eigenvalue weighted by molar-refractivity contribution is 0.0535. The number of esters is 1. The molecule has 0 atom stereocenters. The third-order valence-corrected chi connectivity index (χ3v) is 5.54. The molecule has 4 rings (SSSR count). The summed E-state index contributed by atoms with van der Waals surface area (Å²) < 4.78 is 5.04. The fourth-order valence-electron chi connectivity index (χ4n) is 2.33. The van der Waals surface area contributed by atoms with E-state index < -0.39 is 0 Å². The first-order valence-corrected chi connectivity index (χ1v) is 7.95. The maximum absolute atomic E-state index is 11.5. The maximum atomic E-state index is 11.5. The van der Waals surface area contributed by atoms with Gasteiger partial charge in [-0.2, -0.15) is 0 Å². The van der Waals surface area contributed by atoms with Gasteiger partial charge in [-0.25, -0.2) is 4.79 Å². The van der Waals surface area contributed by atoms with Crippen LogP contribution in [0.15, 0.2) is 47.8 Å². The SMILES string of the molecule is O=C1OCc2cc(-c3ccc(-c4cccs4)s3)ccc21. The normalized spacial score (nSPS) is 13.3. The van der Waals surface area contributed by atoms with E-state index in [0.29, 0.717) is 12.2 Å². The number of thiophene rings is 2. The molecule has 3 aromatic rings. The van der Waals surface area contributed by atoms with Crippen molar-refractivity contribution in [3.05, 3.63) is 59.0 Å². The van der Waals surface area contributed by atoms with E-state index in [1.807, 2.05) is 12.1 Å². The maximum Gasteiger partial charge on any atom is 0.338 e. The van der Waals surface area contributed by atoms with Crippen molar-refractivity contribution in [1.29, 1.82) is 0 Å². The fraction of sp³-hybridized carbons (Fsp3) is 0.0625. The summed E-state index contributed by atoms with van der Waals surface area (Å²) in [7, 11) is 0. The quantitative estimate of drug-likeness (QED) is 0.634. The predicted molar refractivity (Wildman–Crippen MR) is 82.2 cm³/mol. The second kappa shape index (κ2) is 4.58. The van der Waals surface area contributed by atoms with Crippen LogP contribution >= 0.6 is 22.7 Å². The van der Waals surface area contributed by atoms with E-state index >= 15 is 0 Å². The molecule has 0 radical (unpaired) electrons. The molecule has 0 saturated heterocycles. The molecule has 0 amide bonds. The van der Waals surface area contributed by atoms with E-state index in [1.54, 1.807) is 22.7 Å². The Morgan fingerprint density at radius 2 is 1.90 bits per heavy atom. The summed E-state index contributed by atoms with van der Waals surface area (Å²) in [6.07, 6.45) is 0. The standard InChI is InChI=1S/C16H10O2S2/c17-16-12-4-3-10(8-11(12)9-18-16)13-5-6-15(20-13)14-2-1-7-19-14/h1-8H,9H2. The molecular weight excluding hydrogens is 288 g/mol. The number of cyclic esters (lactones) is 1. The first-order valence-electron chi connectivity index (χ1n) is 6.25. The Hall–Kier alpha value is -1.91. The zero-order valence-electron chi connectivity index (χ0n) is 10.5. The van der Waals surface area contributed by atoms with Crippen LogP contribution < -0.4 is 0 Å². The topological polar surface area (TPSA) is 26.3 Å². The highest BCUT2D eigenvalue weighted by Crippen LogP contribution is 2.37. The average molecular weight is 298 g/mol. The summed E-state index contributed by atoms with van der Waals surface area (Å²) >= 11 is 3.53. The summed E-state index contributed by atoms with van der Waals surface area (Å²) in [6, 6.07) is 14.4. The molecule has 3 heterocycles.